The van der Waals surface area contributed by atoms with Crippen molar-refractivity contribution >= 4 is 11.6 Å². The lowest BCUT2D eigenvalue weighted by atomic mass is 9.97. The molecule has 0 spiro atoms. The Morgan fingerprint density at radius 1 is 1.20 bits per heavy atom. The first-order chi connectivity index (χ1) is 14.6. The van der Waals surface area contributed by atoms with E-state index in [1.165, 1.54) is 38.9 Å². The van der Waals surface area contributed by atoms with Crippen LogP contribution in [0.15, 0.2) is 29.3 Å². The Hall–Kier alpha value is -2.09. The van der Waals surface area contributed by atoms with Crippen molar-refractivity contribution in [1.82, 2.24) is 15.5 Å². The van der Waals surface area contributed by atoms with Gasteiger partial charge in [-0.3, -0.25) is 4.99 Å². The van der Waals surface area contributed by atoms with Crippen LogP contribution in [0.3, 0.4) is 0 Å². The molecule has 0 radical (unpaired) electrons. The quantitative estimate of drug-likeness (QED) is 0.497. The number of nitrogens with one attached hydrogen (secondary N) is 2. The maximum atomic E-state index is 12.7. The van der Waals surface area contributed by atoms with Gasteiger partial charge in [-0.25, -0.2) is 0 Å². The van der Waals surface area contributed by atoms with Gasteiger partial charge in [0.05, 0.1) is 5.69 Å². The Labute approximate surface area is 178 Å². The van der Waals surface area contributed by atoms with Gasteiger partial charge in [-0.15, -0.1) is 0 Å². The lowest BCUT2D eigenvalue weighted by Gasteiger charge is -2.32. The van der Waals surface area contributed by atoms with Crippen molar-refractivity contribution in [3.05, 3.63) is 24.3 Å². The number of hydrogen-bond donors (Lipinski definition) is 2. The molecule has 0 bridgehead atoms. The van der Waals surface area contributed by atoms with Crippen LogP contribution in [0.4, 0.5) is 14.5 Å². The molecule has 2 aliphatic heterocycles. The van der Waals surface area contributed by atoms with Crippen LogP contribution in [-0.2, 0) is 0 Å². The molecule has 8 heteroatoms. The van der Waals surface area contributed by atoms with Gasteiger partial charge < -0.3 is 25.2 Å². The van der Waals surface area contributed by atoms with E-state index in [0.717, 1.165) is 32.0 Å². The molecule has 2 N–H and O–H groups in total. The Balaban J connectivity index is 1.45. The fourth-order valence-corrected chi connectivity index (χ4v) is 4.37. The van der Waals surface area contributed by atoms with Crippen molar-refractivity contribution in [2.24, 2.45) is 10.9 Å². The number of likely N-dealkylation sites (tertiary alicyclic amines) is 1. The largest absolute Gasteiger partial charge is 0.433 e. The SMILES string of the molecule is CCCN1CCC(CNC(=NC)NC2CCN(c3ccccc3OC(F)F)C2)CC1. The smallest absolute Gasteiger partial charge is 0.387 e. The molecule has 2 fully saturated rings. The molecule has 1 atom stereocenters. The van der Waals surface area contributed by atoms with Gasteiger partial charge in [0.1, 0.15) is 5.75 Å². The summed E-state index contributed by atoms with van der Waals surface area (Å²) in [6, 6.07) is 7.20. The molecule has 2 aliphatic rings. The van der Waals surface area contributed by atoms with E-state index in [1.807, 2.05) is 12.1 Å². The highest BCUT2D eigenvalue weighted by molar-refractivity contribution is 5.80. The highest BCUT2D eigenvalue weighted by Crippen LogP contribution is 2.31. The molecule has 0 aliphatic carbocycles. The van der Waals surface area contributed by atoms with Gasteiger partial charge in [-0.1, -0.05) is 19.1 Å². The predicted molar refractivity (Wildman–Crippen MR) is 118 cm³/mol. The second-order valence-electron chi connectivity index (χ2n) is 8.16. The molecular formula is C22H35F2N5O. The maximum Gasteiger partial charge on any atom is 0.387 e. The van der Waals surface area contributed by atoms with Crippen LogP contribution >= 0.6 is 0 Å². The zero-order valence-electron chi connectivity index (χ0n) is 18.1. The average molecular weight is 424 g/mol. The van der Waals surface area contributed by atoms with E-state index in [0.29, 0.717) is 11.6 Å². The molecule has 0 saturated carbocycles. The van der Waals surface area contributed by atoms with E-state index in [1.54, 1.807) is 19.2 Å². The van der Waals surface area contributed by atoms with Crippen LogP contribution in [0.1, 0.15) is 32.6 Å². The monoisotopic (exact) mass is 423 g/mol. The van der Waals surface area contributed by atoms with Crippen molar-refractivity contribution in [3.8, 4) is 5.75 Å². The second kappa shape index (κ2) is 11.3. The van der Waals surface area contributed by atoms with E-state index < -0.39 is 6.61 Å². The average Bonchev–Trinajstić information content (AvgIpc) is 3.20. The van der Waals surface area contributed by atoms with Crippen LogP contribution in [0.25, 0.3) is 0 Å². The summed E-state index contributed by atoms with van der Waals surface area (Å²) in [4.78, 5) is 9.01. The summed E-state index contributed by atoms with van der Waals surface area (Å²) in [5.41, 5.74) is 0.712. The van der Waals surface area contributed by atoms with Crippen LogP contribution in [0.5, 0.6) is 5.75 Å². The number of halogens is 2. The first-order valence-electron chi connectivity index (χ1n) is 11.1. The Morgan fingerprint density at radius 3 is 2.67 bits per heavy atom. The van der Waals surface area contributed by atoms with Crippen LogP contribution in [0, 0.1) is 5.92 Å². The van der Waals surface area contributed by atoms with Crippen molar-refractivity contribution in [2.75, 3.05) is 51.2 Å². The second-order valence-corrected chi connectivity index (χ2v) is 8.16. The number of aliphatic imine (C=N–C) groups is 1. The molecule has 0 aromatic heterocycles. The summed E-state index contributed by atoms with van der Waals surface area (Å²) in [6.07, 6.45) is 4.58. The molecule has 6 nitrogen and oxygen atoms in total. The number of benzene rings is 1. The highest BCUT2D eigenvalue weighted by Gasteiger charge is 2.26. The Kier molecular flexibility index (Phi) is 8.54. The summed E-state index contributed by atoms with van der Waals surface area (Å²) < 4.78 is 30.1. The number of nitrogens with zero attached hydrogens (tertiary/aromatic N) is 3. The molecule has 30 heavy (non-hydrogen) atoms. The minimum absolute atomic E-state index is 0.210. The Bertz CT molecular complexity index is 679. The van der Waals surface area contributed by atoms with Crippen LogP contribution in [0.2, 0.25) is 0 Å². The molecule has 168 valence electrons. The summed E-state index contributed by atoms with van der Waals surface area (Å²) in [5.74, 6) is 1.72. The number of piperidine rings is 1. The third kappa shape index (κ3) is 6.45. The fourth-order valence-electron chi connectivity index (χ4n) is 4.37. The molecule has 1 unspecified atom stereocenters. The van der Waals surface area contributed by atoms with E-state index in [2.05, 4.69) is 37.1 Å². The van der Waals surface area contributed by atoms with Crippen LogP contribution in [-0.4, -0.2) is 69.8 Å². The number of guanidine groups is 1. The van der Waals surface area contributed by atoms with Gasteiger partial charge in [0.2, 0.25) is 0 Å². The highest BCUT2D eigenvalue weighted by atomic mass is 19.3. The van der Waals surface area contributed by atoms with Crippen molar-refractivity contribution in [3.63, 3.8) is 0 Å². The van der Waals surface area contributed by atoms with Gasteiger partial charge >= 0.3 is 6.61 Å². The lowest BCUT2D eigenvalue weighted by molar-refractivity contribution is -0.0495. The number of rotatable bonds is 8. The first-order valence-corrected chi connectivity index (χ1v) is 11.1. The third-order valence-electron chi connectivity index (χ3n) is 5.98. The van der Waals surface area contributed by atoms with Gasteiger partial charge in [-0.2, -0.15) is 8.78 Å². The molecule has 2 saturated heterocycles. The van der Waals surface area contributed by atoms with Gasteiger partial charge in [0, 0.05) is 32.7 Å². The fraction of sp³-hybridized carbons (Fsp3) is 0.682. The van der Waals surface area contributed by atoms with Crippen molar-refractivity contribution < 1.29 is 13.5 Å². The van der Waals surface area contributed by atoms with E-state index >= 15 is 0 Å². The summed E-state index contributed by atoms with van der Waals surface area (Å²) in [6.45, 7) is 5.42. The number of anilines is 1. The molecular weight excluding hydrogens is 388 g/mol. The molecule has 0 amide bonds. The molecule has 2 heterocycles. The van der Waals surface area contributed by atoms with Gasteiger partial charge in [0.15, 0.2) is 5.96 Å². The predicted octanol–water partition coefficient (Wildman–Crippen LogP) is 3.15. The van der Waals surface area contributed by atoms with Crippen molar-refractivity contribution in [2.45, 2.75) is 45.3 Å². The minimum Gasteiger partial charge on any atom is -0.433 e. The van der Waals surface area contributed by atoms with Crippen LogP contribution < -0.4 is 20.3 Å². The number of alkyl halides is 2. The standard InChI is InChI=1S/C22H35F2N5O/c1-3-11-28-12-8-17(9-13-28)15-26-22(25-2)27-18-10-14-29(16-18)19-6-4-5-7-20(19)30-21(23)24/h4-7,17-18,21H,3,8-16H2,1-2H3,(H2,25,26,27). The van der Waals surface area contributed by atoms with E-state index in [4.69, 9.17) is 0 Å². The number of para-hydroxylation sites is 2. The maximum absolute atomic E-state index is 12.7. The van der Waals surface area contributed by atoms with Gasteiger partial charge in [0.25, 0.3) is 0 Å². The van der Waals surface area contributed by atoms with E-state index in [-0.39, 0.29) is 11.8 Å². The zero-order valence-corrected chi connectivity index (χ0v) is 18.1. The lowest BCUT2D eigenvalue weighted by Crippen LogP contribution is -2.47. The molecule has 3 rings (SSSR count). The third-order valence-corrected chi connectivity index (χ3v) is 5.98. The topological polar surface area (TPSA) is 52.1 Å². The van der Waals surface area contributed by atoms with Crippen molar-refractivity contribution in [1.29, 1.82) is 0 Å². The molecule has 1 aromatic rings. The normalized spacial score (nSPS) is 21.3. The van der Waals surface area contributed by atoms with E-state index in [9.17, 15) is 8.78 Å². The number of ether oxygens (including phenoxy) is 1. The summed E-state index contributed by atoms with van der Waals surface area (Å²) in [5, 5.41) is 6.98. The molecule has 1 aromatic carbocycles. The zero-order chi connectivity index (χ0) is 21.3. The minimum atomic E-state index is -2.82. The number of hydrogen-bond acceptors (Lipinski definition) is 4. The van der Waals surface area contributed by atoms with Gasteiger partial charge in [-0.05, 0) is 63.4 Å². The first kappa shape index (κ1) is 22.6. The Morgan fingerprint density at radius 2 is 1.97 bits per heavy atom. The summed E-state index contributed by atoms with van der Waals surface area (Å²) >= 11 is 0. The summed E-state index contributed by atoms with van der Waals surface area (Å²) in [7, 11) is 1.79.